The Kier molecular flexibility index (Phi) is 6.92. The summed E-state index contributed by atoms with van der Waals surface area (Å²) in [6.45, 7) is 4.66. The van der Waals surface area contributed by atoms with E-state index in [2.05, 4.69) is 32.5 Å². The fraction of sp³-hybridized carbons (Fsp3) is 0.300. The van der Waals surface area contributed by atoms with E-state index in [4.69, 9.17) is 11.6 Å². The lowest BCUT2D eigenvalue weighted by Crippen LogP contribution is -2.48. The number of carbonyl (C=O) groups excluding carboxylic acids is 1. The molecular weight excluding hydrogens is 367 g/mol. The molecule has 1 saturated heterocycles. The molecule has 142 valence electrons. The predicted molar refractivity (Wildman–Crippen MR) is 105 cm³/mol. The fourth-order valence-corrected chi connectivity index (χ4v) is 3.20. The zero-order valence-electron chi connectivity index (χ0n) is 14.9. The Balaban J connectivity index is 1.41. The van der Waals surface area contributed by atoms with Gasteiger partial charge in [0.05, 0.1) is 17.8 Å². The van der Waals surface area contributed by atoms with Crippen LogP contribution in [0.3, 0.4) is 0 Å². The number of piperazine rings is 1. The van der Waals surface area contributed by atoms with E-state index in [1.54, 1.807) is 6.07 Å². The number of benzene rings is 2. The Bertz CT molecular complexity index is 772. The quantitative estimate of drug-likeness (QED) is 0.611. The van der Waals surface area contributed by atoms with E-state index in [-0.39, 0.29) is 23.0 Å². The molecule has 5 nitrogen and oxygen atoms in total. The van der Waals surface area contributed by atoms with Gasteiger partial charge in [0.15, 0.2) is 0 Å². The second-order valence-electron chi connectivity index (χ2n) is 6.47. The number of carbonyl (C=O) groups is 1. The molecule has 27 heavy (non-hydrogen) atoms. The number of amides is 1. The van der Waals surface area contributed by atoms with Crippen LogP contribution in [0.4, 0.5) is 4.39 Å². The van der Waals surface area contributed by atoms with Gasteiger partial charge in [-0.3, -0.25) is 14.6 Å². The summed E-state index contributed by atoms with van der Waals surface area (Å²) in [4.78, 5) is 16.5. The molecule has 2 aromatic carbocycles. The Morgan fingerprint density at radius 3 is 2.48 bits per heavy atom. The molecule has 0 bridgehead atoms. The molecule has 1 fully saturated rings. The van der Waals surface area contributed by atoms with Gasteiger partial charge in [0.2, 0.25) is 0 Å². The normalized spacial score (nSPS) is 15.9. The second kappa shape index (κ2) is 9.60. The molecule has 0 aliphatic carbocycles. The maximum absolute atomic E-state index is 13.6. The van der Waals surface area contributed by atoms with Gasteiger partial charge in [0.1, 0.15) is 5.82 Å². The lowest BCUT2D eigenvalue weighted by atomic mass is 10.2. The van der Waals surface area contributed by atoms with Crippen molar-refractivity contribution in [2.75, 3.05) is 32.7 Å². The molecular formula is C20H22ClFN4O. The molecule has 0 radical (unpaired) electrons. The summed E-state index contributed by atoms with van der Waals surface area (Å²) in [5.74, 6) is -0.703. The van der Waals surface area contributed by atoms with Gasteiger partial charge >= 0.3 is 0 Å². The van der Waals surface area contributed by atoms with Crippen LogP contribution in [-0.2, 0) is 11.3 Å². The maximum atomic E-state index is 13.6. The first-order valence-corrected chi connectivity index (χ1v) is 9.24. The van der Waals surface area contributed by atoms with Crippen LogP contribution in [0.1, 0.15) is 11.1 Å². The van der Waals surface area contributed by atoms with Crippen molar-refractivity contribution < 1.29 is 9.18 Å². The van der Waals surface area contributed by atoms with Gasteiger partial charge in [-0.25, -0.2) is 9.82 Å². The molecule has 1 aliphatic heterocycles. The minimum atomic E-state index is -0.477. The molecule has 1 amide bonds. The molecule has 1 N–H and O–H groups in total. The second-order valence-corrected chi connectivity index (χ2v) is 6.87. The highest BCUT2D eigenvalue weighted by Crippen LogP contribution is 2.16. The third kappa shape index (κ3) is 5.85. The highest BCUT2D eigenvalue weighted by molar-refractivity contribution is 6.33. The van der Waals surface area contributed by atoms with Crippen molar-refractivity contribution in [3.8, 4) is 0 Å². The van der Waals surface area contributed by atoms with Crippen LogP contribution >= 0.6 is 11.6 Å². The monoisotopic (exact) mass is 388 g/mol. The molecule has 0 spiro atoms. The minimum Gasteiger partial charge on any atom is -0.297 e. The largest absolute Gasteiger partial charge is 0.297 e. The summed E-state index contributed by atoms with van der Waals surface area (Å²) in [6, 6.07) is 14.7. The van der Waals surface area contributed by atoms with Crippen LogP contribution in [0.15, 0.2) is 53.6 Å². The van der Waals surface area contributed by atoms with Crippen molar-refractivity contribution in [1.82, 2.24) is 15.2 Å². The maximum Gasteiger partial charge on any atom is 0.254 e. The van der Waals surface area contributed by atoms with E-state index in [0.29, 0.717) is 0 Å². The predicted octanol–water partition coefficient (Wildman–Crippen LogP) is 2.75. The summed E-state index contributed by atoms with van der Waals surface area (Å²) in [6.07, 6.45) is 1.23. The highest BCUT2D eigenvalue weighted by atomic mass is 35.5. The SMILES string of the molecule is O=C(CN1CCN(Cc2ccccc2)CC1)N/N=C/c1c(F)cccc1Cl. The number of halogens is 2. The topological polar surface area (TPSA) is 47.9 Å². The lowest BCUT2D eigenvalue weighted by Gasteiger charge is -2.34. The van der Waals surface area contributed by atoms with E-state index >= 15 is 0 Å². The molecule has 3 rings (SSSR count). The van der Waals surface area contributed by atoms with Gasteiger partial charge in [-0.1, -0.05) is 48.0 Å². The van der Waals surface area contributed by atoms with Crippen LogP contribution in [0, 0.1) is 5.82 Å². The van der Waals surface area contributed by atoms with Crippen LogP contribution < -0.4 is 5.43 Å². The Morgan fingerprint density at radius 2 is 1.78 bits per heavy atom. The first-order valence-electron chi connectivity index (χ1n) is 8.86. The van der Waals surface area contributed by atoms with Gasteiger partial charge < -0.3 is 0 Å². The van der Waals surface area contributed by atoms with Gasteiger partial charge in [-0.15, -0.1) is 0 Å². The number of nitrogens with one attached hydrogen (secondary N) is 1. The fourth-order valence-electron chi connectivity index (χ4n) is 2.99. The summed E-state index contributed by atoms with van der Waals surface area (Å²) in [5.41, 5.74) is 3.89. The standard InChI is InChI=1S/C20H22ClFN4O/c21-18-7-4-8-19(22)17(18)13-23-24-20(27)15-26-11-9-25(10-12-26)14-16-5-2-1-3-6-16/h1-8,13H,9-12,14-15H2,(H,24,27)/b23-13+. The van der Waals surface area contributed by atoms with Crippen molar-refractivity contribution in [2.45, 2.75) is 6.54 Å². The zero-order valence-corrected chi connectivity index (χ0v) is 15.7. The van der Waals surface area contributed by atoms with Crippen molar-refractivity contribution >= 4 is 23.7 Å². The van der Waals surface area contributed by atoms with Crippen molar-refractivity contribution in [1.29, 1.82) is 0 Å². The molecule has 1 heterocycles. The summed E-state index contributed by atoms with van der Waals surface area (Å²) < 4.78 is 13.6. The Morgan fingerprint density at radius 1 is 1.07 bits per heavy atom. The van der Waals surface area contributed by atoms with Gasteiger partial charge in [0, 0.05) is 38.3 Å². The van der Waals surface area contributed by atoms with E-state index in [1.807, 2.05) is 18.2 Å². The van der Waals surface area contributed by atoms with Gasteiger partial charge in [-0.2, -0.15) is 5.10 Å². The van der Waals surface area contributed by atoms with Crippen LogP contribution in [0.5, 0.6) is 0 Å². The lowest BCUT2D eigenvalue weighted by molar-refractivity contribution is -0.122. The first kappa shape index (κ1) is 19.5. The average molecular weight is 389 g/mol. The third-order valence-electron chi connectivity index (χ3n) is 4.46. The van der Waals surface area contributed by atoms with Crippen LogP contribution in [0.2, 0.25) is 5.02 Å². The molecule has 1 aliphatic rings. The number of nitrogens with zero attached hydrogens (tertiary/aromatic N) is 3. The average Bonchev–Trinajstić information content (AvgIpc) is 2.67. The minimum absolute atomic E-state index is 0.161. The van der Waals surface area contributed by atoms with Crippen molar-refractivity contribution in [3.05, 3.63) is 70.5 Å². The zero-order chi connectivity index (χ0) is 19.1. The summed E-state index contributed by atoms with van der Waals surface area (Å²) in [5, 5.41) is 4.07. The van der Waals surface area contributed by atoms with E-state index in [9.17, 15) is 9.18 Å². The summed E-state index contributed by atoms with van der Waals surface area (Å²) in [7, 11) is 0. The Hall–Kier alpha value is -2.28. The molecule has 0 saturated carbocycles. The molecule has 0 atom stereocenters. The first-order chi connectivity index (χ1) is 13.1. The molecule has 7 heteroatoms. The van der Waals surface area contributed by atoms with E-state index < -0.39 is 5.82 Å². The smallest absolute Gasteiger partial charge is 0.254 e. The molecule has 0 unspecified atom stereocenters. The highest BCUT2D eigenvalue weighted by Gasteiger charge is 2.18. The number of rotatable bonds is 6. The van der Waals surface area contributed by atoms with E-state index in [1.165, 1.54) is 23.9 Å². The van der Waals surface area contributed by atoms with Crippen LogP contribution in [-0.4, -0.2) is 54.6 Å². The third-order valence-corrected chi connectivity index (χ3v) is 4.79. The van der Waals surface area contributed by atoms with Crippen molar-refractivity contribution in [3.63, 3.8) is 0 Å². The molecule has 2 aromatic rings. The van der Waals surface area contributed by atoms with Crippen LogP contribution in [0.25, 0.3) is 0 Å². The number of hydrogen-bond acceptors (Lipinski definition) is 4. The van der Waals surface area contributed by atoms with Gasteiger partial charge in [0.25, 0.3) is 5.91 Å². The van der Waals surface area contributed by atoms with Gasteiger partial charge in [-0.05, 0) is 17.7 Å². The Labute approximate surface area is 163 Å². The number of hydrazone groups is 1. The summed E-state index contributed by atoms with van der Waals surface area (Å²) >= 11 is 5.92. The number of hydrogen-bond donors (Lipinski definition) is 1. The molecule has 0 aromatic heterocycles. The van der Waals surface area contributed by atoms with E-state index in [0.717, 1.165) is 32.7 Å². The van der Waals surface area contributed by atoms with Crippen molar-refractivity contribution in [2.24, 2.45) is 5.10 Å².